The van der Waals surface area contributed by atoms with Crippen LogP contribution in [0.25, 0.3) is 12.2 Å². The Morgan fingerprint density at radius 2 is 1.48 bits per heavy atom. The Kier molecular flexibility index (Phi) is 6.13. The van der Waals surface area contributed by atoms with Gasteiger partial charge in [-0.3, -0.25) is 0 Å². The molecule has 0 radical (unpaired) electrons. The van der Waals surface area contributed by atoms with Crippen molar-refractivity contribution in [2.24, 2.45) is 0 Å². The van der Waals surface area contributed by atoms with Gasteiger partial charge in [-0.25, -0.2) is 4.79 Å². The van der Waals surface area contributed by atoms with Crippen molar-refractivity contribution < 1.29 is 9.53 Å². The van der Waals surface area contributed by atoms with Crippen LogP contribution in [0.1, 0.15) is 11.1 Å². The van der Waals surface area contributed by atoms with Crippen LogP contribution >= 0.6 is 11.6 Å². The summed E-state index contributed by atoms with van der Waals surface area (Å²) in [6, 6.07) is 22.1. The summed E-state index contributed by atoms with van der Waals surface area (Å²) in [5.74, 6) is 0.823. The van der Waals surface area contributed by atoms with E-state index in [1.54, 1.807) is 31.4 Å². The molecular weight excluding hydrogens is 360 g/mol. The van der Waals surface area contributed by atoms with Crippen molar-refractivity contribution in [3.8, 4) is 5.75 Å². The number of urea groups is 1. The number of amides is 2. The number of carbonyl (C=O) groups is 1. The fraction of sp³-hybridized carbons (Fsp3) is 0.0455. The van der Waals surface area contributed by atoms with E-state index < -0.39 is 0 Å². The Morgan fingerprint density at radius 3 is 2.15 bits per heavy atom. The molecule has 5 heteroatoms. The molecule has 4 nitrogen and oxygen atoms in total. The number of nitrogens with one attached hydrogen (secondary N) is 2. The Morgan fingerprint density at radius 1 is 0.852 bits per heavy atom. The van der Waals surface area contributed by atoms with E-state index in [0.29, 0.717) is 16.4 Å². The maximum absolute atomic E-state index is 12.1. The molecule has 27 heavy (non-hydrogen) atoms. The van der Waals surface area contributed by atoms with Gasteiger partial charge >= 0.3 is 6.03 Å². The second kappa shape index (κ2) is 8.92. The van der Waals surface area contributed by atoms with Gasteiger partial charge in [0.15, 0.2) is 0 Å². The van der Waals surface area contributed by atoms with E-state index in [1.807, 2.05) is 60.7 Å². The van der Waals surface area contributed by atoms with Crippen molar-refractivity contribution in [1.29, 1.82) is 0 Å². The minimum atomic E-state index is -0.325. The standard InChI is InChI=1S/C22H19ClN2O2/c1-27-21-12-10-16(11-13-21)8-9-17-4-2-6-19(14-17)24-22(26)25-20-7-3-5-18(23)15-20/h2-15H,1H3,(H2,24,25,26)/b9-8-. The first kappa shape index (κ1) is 18.5. The van der Waals surface area contributed by atoms with Gasteiger partial charge in [0.2, 0.25) is 0 Å². The first-order chi connectivity index (χ1) is 13.1. The molecule has 3 aromatic carbocycles. The van der Waals surface area contributed by atoms with Crippen LogP contribution in [0.4, 0.5) is 16.2 Å². The number of hydrogen-bond acceptors (Lipinski definition) is 2. The maximum atomic E-state index is 12.1. The van der Waals surface area contributed by atoms with Crippen LogP contribution in [0.15, 0.2) is 72.8 Å². The van der Waals surface area contributed by atoms with Gasteiger partial charge < -0.3 is 15.4 Å². The number of ether oxygens (including phenoxy) is 1. The highest BCUT2D eigenvalue weighted by molar-refractivity contribution is 6.30. The molecule has 0 saturated heterocycles. The molecule has 0 aliphatic rings. The summed E-state index contributed by atoms with van der Waals surface area (Å²) < 4.78 is 5.16. The molecule has 0 atom stereocenters. The maximum Gasteiger partial charge on any atom is 0.323 e. The molecule has 3 aromatic rings. The average Bonchev–Trinajstić information content (AvgIpc) is 2.67. The van der Waals surface area contributed by atoms with Gasteiger partial charge in [-0.2, -0.15) is 0 Å². The number of rotatable bonds is 5. The van der Waals surface area contributed by atoms with Crippen molar-refractivity contribution in [1.82, 2.24) is 0 Å². The predicted octanol–water partition coefficient (Wildman–Crippen LogP) is 6.16. The van der Waals surface area contributed by atoms with Crippen molar-refractivity contribution in [3.63, 3.8) is 0 Å². The molecule has 0 bridgehead atoms. The van der Waals surface area contributed by atoms with Crippen LogP contribution in [0.5, 0.6) is 5.75 Å². The molecule has 0 aromatic heterocycles. The molecule has 2 amide bonds. The lowest BCUT2D eigenvalue weighted by molar-refractivity contribution is 0.262. The summed E-state index contributed by atoms with van der Waals surface area (Å²) >= 11 is 5.93. The highest BCUT2D eigenvalue weighted by Crippen LogP contribution is 2.18. The monoisotopic (exact) mass is 378 g/mol. The minimum absolute atomic E-state index is 0.325. The van der Waals surface area contributed by atoms with Crippen molar-refractivity contribution >= 4 is 41.2 Å². The molecule has 3 rings (SSSR count). The Labute approximate surface area is 163 Å². The molecule has 0 heterocycles. The highest BCUT2D eigenvalue weighted by atomic mass is 35.5. The van der Waals surface area contributed by atoms with E-state index in [0.717, 1.165) is 16.9 Å². The topological polar surface area (TPSA) is 50.4 Å². The quantitative estimate of drug-likeness (QED) is 0.522. The number of hydrogen-bond donors (Lipinski definition) is 2. The van der Waals surface area contributed by atoms with E-state index in [2.05, 4.69) is 10.6 Å². The second-order valence-electron chi connectivity index (χ2n) is 5.82. The van der Waals surface area contributed by atoms with Crippen LogP contribution in [0.3, 0.4) is 0 Å². The van der Waals surface area contributed by atoms with E-state index in [1.165, 1.54) is 0 Å². The van der Waals surface area contributed by atoms with Crippen LogP contribution in [-0.4, -0.2) is 13.1 Å². The average molecular weight is 379 g/mol. The number of carbonyl (C=O) groups excluding carboxylic acids is 1. The van der Waals surface area contributed by atoms with Gasteiger partial charge in [0, 0.05) is 16.4 Å². The zero-order chi connectivity index (χ0) is 19.1. The van der Waals surface area contributed by atoms with Gasteiger partial charge in [-0.15, -0.1) is 0 Å². The van der Waals surface area contributed by atoms with Crippen LogP contribution < -0.4 is 15.4 Å². The van der Waals surface area contributed by atoms with E-state index in [9.17, 15) is 4.79 Å². The third kappa shape index (κ3) is 5.62. The molecule has 0 spiro atoms. The molecule has 2 N–H and O–H groups in total. The van der Waals surface area contributed by atoms with E-state index in [4.69, 9.17) is 16.3 Å². The number of halogens is 1. The fourth-order valence-electron chi connectivity index (χ4n) is 2.49. The van der Waals surface area contributed by atoms with Crippen LogP contribution in [-0.2, 0) is 0 Å². The molecule has 0 saturated carbocycles. The smallest absolute Gasteiger partial charge is 0.323 e. The van der Waals surface area contributed by atoms with Crippen LogP contribution in [0, 0.1) is 0 Å². The molecule has 136 valence electrons. The molecule has 0 aliphatic heterocycles. The van der Waals surface area contributed by atoms with E-state index in [-0.39, 0.29) is 6.03 Å². The first-order valence-corrected chi connectivity index (χ1v) is 8.76. The minimum Gasteiger partial charge on any atom is -0.497 e. The van der Waals surface area contributed by atoms with Crippen molar-refractivity contribution in [3.05, 3.63) is 88.9 Å². The summed E-state index contributed by atoms with van der Waals surface area (Å²) in [4.78, 5) is 12.1. The number of methoxy groups -OCH3 is 1. The van der Waals surface area contributed by atoms with E-state index >= 15 is 0 Å². The van der Waals surface area contributed by atoms with Gasteiger partial charge in [-0.1, -0.05) is 54.1 Å². The SMILES string of the molecule is COc1ccc(/C=C\c2cccc(NC(=O)Nc3cccc(Cl)c3)c2)cc1. The number of anilines is 2. The van der Waals surface area contributed by atoms with Gasteiger partial charge in [0.25, 0.3) is 0 Å². The third-order valence-corrected chi connectivity index (χ3v) is 4.05. The lowest BCUT2D eigenvalue weighted by atomic mass is 10.1. The van der Waals surface area contributed by atoms with Gasteiger partial charge in [0.1, 0.15) is 5.75 Å². The summed E-state index contributed by atoms with van der Waals surface area (Å²) in [6.45, 7) is 0. The normalized spacial score (nSPS) is 10.6. The van der Waals surface area contributed by atoms with Crippen LogP contribution in [0.2, 0.25) is 5.02 Å². The summed E-state index contributed by atoms with van der Waals surface area (Å²) in [5, 5.41) is 6.14. The fourth-order valence-corrected chi connectivity index (χ4v) is 2.68. The Balaban J connectivity index is 1.64. The number of benzene rings is 3. The van der Waals surface area contributed by atoms with Crippen molar-refractivity contribution in [2.75, 3.05) is 17.7 Å². The largest absolute Gasteiger partial charge is 0.497 e. The highest BCUT2D eigenvalue weighted by Gasteiger charge is 2.03. The lowest BCUT2D eigenvalue weighted by Crippen LogP contribution is -2.19. The molecular formula is C22H19ClN2O2. The third-order valence-electron chi connectivity index (χ3n) is 3.81. The molecule has 0 aliphatic carbocycles. The Bertz CT molecular complexity index is 953. The summed E-state index contributed by atoms with van der Waals surface area (Å²) in [7, 11) is 1.64. The van der Waals surface area contributed by atoms with Gasteiger partial charge in [0.05, 0.1) is 7.11 Å². The first-order valence-electron chi connectivity index (χ1n) is 8.38. The molecule has 0 fully saturated rings. The zero-order valence-electron chi connectivity index (χ0n) is 14.8. The van der Waals surface area contributed by atoms with Crippen molar-refractivity contribution in [2.45, 2.75) is 0 Å². The zero-order valence-corrected chi connectivity index (χ0v) is 15.5. The Hall–Kier alpha value is -3.24. The lowest BCUT2D eigenvalue weighted by Gasteiger charge is -2.08. The molecule has 0 unspecified atom stereocenters. The summed E-state index contributed by atoms with van der Waals surface area (Å²) in [6.07, 6.45) is 3.99. The summed E-state index contributed by atoms with van der Waals surface area (Å²) in [5.41, 5.74) is 3.38. The second-order valence-corrected chi connectivity index (χ2v) is 6.26. The van der Waals surface area contributed by atoms with Gasteiger partial charge in [-0.05, 0) is 53.6 Å². The predicted molar refractivity (Wildman–Crippen MR) is 112 cm³/mol.